The fourth-order valence-electron chi connectivity index (χ4n) is 3.10. The predicted octanol–water partition coefficient (Wildman–Crippen LogP) is 4.36. The molecule has 3 rings (SSSR count). The number of halogens is 1. The fraction of sp³-hybridized carbons (Fsp3) is 0.250. The van der Waals surface area contributed by atoms with Crippen LogP contribution in [0.1, 0.15) is 47.2 Å². The number of nitrogens with one attached hydrogen (secondary N) is 2. The minimum absolute atomic E-state index is 0.0909. The monoisotopic (exact) mass is 485 g/mol. The Bertz CT molecular complexity index is 1070. The van der Waals surface area contributed by atoms with Gasteiger partial charge >= 0.3 is 0 Å². The van der Waals surface area contributed by atoms with E-state index in [2.05, 4.69) is 10.9 Å². The molecule has 0 radical (unpaired) electrons. The second-order valence-corrected chi connectivity index (χ2v) is 9.24. The highest BCUT2D eigenvalue weighted by Gasteiger charge is 2.31. The maximum absolute atomic E-state index is 12.9. The Morgan fingerprint density at radius 1 is 1.03 bits per heavy atom. The number of rotatable bonds is 8. The third-order valence-electron chi connectivity index (χ3n) is 4.96. The smallest absolute Gasteiger partial charge is 0.269 e. The summed E-state index contributed by atoms with van der Waals surface area (Å²) in [6.45, 7) is 2.51. The van der Waals surface area contributed by atoms with Crippen molar-refractivity contribution < 1.29 is 18.8 Å². The van der Waals surface area contributed by atoms with Crippen LogP contribution < -0.4 is 10.9 Å². The average molecular weight is 486 g/mol. The number of benzene rings is 2. The standard InChI is InChI=1S/C24H24FN3O3S2/c1-16-6-8-17(9-7-16)15-20-23(31)28(24(32)33-20)14-4-2-3-5-21(29)26-27-22(30)18-10-12-19(25)13-11-18/h6-13,15H,2-5,14H2,1H3,(H,26,29)(H,27,30). The van der Waals surface area contributed by atoms with Crippen LogP contribution in [0.5, 0.6) is 0 Å². The Labute approximate surface area is 201 Å². The van der Waals surface area contributed by atoms with Gasteiger partial charge in [-0.05, 0) is 55.7 Å². The lowest BCUT2D eigenvalue weighted by molar-refractivity contribution is -0.123. The highest BCUT2D eigenvalue weighted by atomic mass is 32.2. The predicted molar refractivity (Wildman–Crippen MR) is 132 cm³/mol. The zero-order valence-corrected chi connectivity index (χ0v) is 19.7. The van der Waals surface area contributed by atoms with Gasteiger partial charge in [0.25, 0.3) is 11.8 Å². The summed E-state index contributed by atoms with van der Waals surface area (Å²) in [5.41, 5.74) is 7.01. The van der Waals surface area contributed by atoms with Crippen molar-refractivity contribution in [2.24, 2.45) is 0 Å². The molecular formula is C24H24FN3O3S2. The van der Waals surface area contributed by atoms with Gasteiger partial charge in [0.2, 0.25) is 5.91 Å². The summed E-state index contributed by atoms with van der Waals surface area (Å²) >= 11 is 6.66. The van der Waals surface area contributed by atoms with Crippen molar-refractivity contribution in [2.75, 3.05) is 6.54 Å². The van der Waals surface area contributed by atoms with E-state index in [-0.39, 0.29) is 23.8 Å². The SMILES string of the molecule is Cc1ccc(C=C2SC(=S)N(CCCCCC(=O)NNC(=O)c3ccc(F)cc3)C2=O)cc1. The highest BCUT2D eigenvalue weighted by Crippen LogP contribution is 2.32. The van der Waals surface area contributed by atoms with E-state index in [1.165, 1.54) is 36.0 Å². The molecule has 0 bridgehead atoms. The van der Waals surface area contributed by atoms with Crippen LogP contribution in [-0.4, -0.2) is 33.5 Å². The average Bonchev–Trinajstić information content (AvgIpc) is 3.06. The molecule has 0 atom stereocenters. The Kier molecular flexibility index (Phi) is 8.73. The lowest BCUT2D eigenvalue weighted by Gasteiger charge is -2.14. The number of unbranched alkanes of at least 4 members (excludes halogenated alkanes) is 2. The van der Waals surface area contributed by atoms with Gasteiger partial charge in [0.1, 0.15) is 10.1 Å². The number of carbonyl (C=O) groups is 3. The van der Waals surface area contributed by atoms with Crippen LogP contribution in [-0.2, 0) is 9.59 Å². The number of thiocarbonyl (C=S) groups is 1. The second kappa shape index (κ2) is 11.7. The topological polar surface area (TPSA) is 78.5 Å². The van der Waals surface area contributed by atoms with E-state index < -0.39 is 11.7 Å². The first kappa shape index (κ1) is 24.6. The van der Waals surface area contributed by atoms with Gasteiger partial charge < -0.3 is 0 Å². The van der Waals surface area contributed by atoms with E-state index in [0.29, 0.717) is 28.6 Å². The summed E-state index contributed by atoms with van der Waals surface area (Å²) in [7, 11) is 0. The van der Waals surface area contributed by atoms with E-state index in [1.54, 1.807) is 4.90 Å². The minimum atomic E-state index is -0.517. The van der Waals surface area contributed by atoms with Gasteiger partial charge in [-0.15, -0.1) is 0 Å². The fourth-order valence-corrected chi connectivity index (χ4v) is 4.41. The maximum Gasteiger partial charge on any atom is 0.269 e. The molecule has 1 saturated heterocycles. The van der Waals surface area contributed by atoms with Gasteiger partial charge in [-0.1, -0.05) is 60.2 Å². The zero-order valence-electron chi connectivity index (χ0n) is 18.1. The van der Waals surface area contributed by atoms with Gasteiger partial charge in [0.05, 0.1) is 4.91 Å². The lowest BCUT2D eigenvalue weighted by atomic mass is 10.1. The van der Waals surface area contributed by atoms with E-state index in [1.807, 2.05) is 37.3 Å². The molecule has 1 fully saturated rings. The van der Waals surface area contributed by atoms with E-state index >= 15 is 0 Å². The summed E-state index contributed by atoms with van der Waals surface area (Å²) in [6, 6.07) is 12.9. The maximum atomic E-state index is 12.9. The summed E-state index contributed by atoms with van der Waals surface area (Å²) in [6.07, 6.45) is 4.12. The van der Waals surface area contributed by atoms with Crippen LogP contribution in [0, 0.1) is 12.7 Å². The molecule has 0 unspecified atom stereocenters. The number of nitrogens with zero attached hydrogens (tertiary/aromatic N) is 1. The minimum Gasteiger partial charge on any atom is -0.293 e. The van der Waals surface area contributed by atoms with Crippen molar-refractivity contribution >= 4 is 52.1 Å². The summed E-state index contributed by atoms with van der Waals surface area (Å²) in [5, 5.41) is 0. The quantitative estimate of drug-likeness (QED) is 0.251. The molecule has 172 valence electrons. The number of hydrazine groups is 1. The normalized spacial score (nSPS) is 14.6. The van der Waals surface area contributed by atoms with Crippen LogP contribution in [0.4, 0.5) is 4.39 Å². The molecule has 1 heterocycles. The zero-order chi connectivity index (χ0) is 23.8. The molecule has 3 amide bonds. The van der Waals surface area contributed by atoms with Crippen molar-refractivity contribution in [3.05, 3.63) is 75.9 Å². The first-order valence-electron chi connectivity index (χ1n) is 10.5. The first-order chi connectivity index (χ1) is 15.8. The molecule has 33 heavy (non-hydrogen) atoms. The lowest BCUT2D eigenvalue weighted by Crippen LogP contribution is -2.41. The molecule has 2 N–H and O–H groups in total. The van der Waals surface area contributed by atoms with Gasteiger partial charge in [-0.25, -0.2) is 4.39 Å². The Hall–Kier alpha value is -3.04. The number of amides is 3. The molecule has 0 aromatic heterocycles. The van der Waals surface area contributed by atoms with Crippen LogP contribution in [0.15, 0.2) is 53.4 Å². The van der Waals surface area contributed by atoms with Crippen molar-refractivity contribution in [1.29, 1.82) is 0 Å². The highest BCUT2D eigenvalue weighted by molar-refractivity contribution is 8.26. The number of hydrogen-bond donors (Lipinski definition) is 2. The van der Waals surface area contributed by atoms with Crippen molar-refractivity contribution in [3.63, 3.8) is 0 Å². The number of aryl methyl sites for hydroxylation is 1. The molecule has 1 aliphatic heterocycles. The molecule has 9 heteroatoms. The van der Waals surface area contributed by atoms with Crippen LogP contribution >= 0.6 is 24.0 Å². The molecule has 2 aromatic rings. The van der Waals surface area contributed by atoms with Crippen LogP contribution in [0.3, 0.4) is 0 Å². The Morgan fingerprint density at radius 3 is 2.42 bits per heavy atom. The third-order valence-corrected chi connectivity index (χ3v) is 6.33. The van der Waals surface area contributed by atoms with Gasteiger partial charge in [-0.2, -0.15) is 0 Å². The Balaban J connectivity index is 1.35. The molecule has 6 nitrogen and oxygen atoms in total. The summed E-state index contributed by atoms with van der Waals surface area (Å²) in [4.78, 5) is 38.7. The first-order valence-corrected chi connectivity index (χ1v) is 11.7. The second-order valence-electron chi connectivity index (χ2n) is 7.56. The molecule has 1 aliphatic rings. The van der Waals surface area contributed by atoms with Crippen molar-refractivity contribution in [1.82, 2.24) is 15.8 Å². The molecule has 0 saturated carbocycles. The van der Waals surface area contributed by atoms with Crippen molar-refractivity contribution in [3.8, 4) is 0 Å². The van der Waals surface area contributed by atoms with Gasteiger partial charge in [-0.3, -0.25) is 30.1 Å². The number of hydrogen-bond acceptors (Lipinski definition) is 5. The van der Waals surface area contributed by atoms with Crippen LogP contribution in [0.25, 0.3) is 6.08 Å². The summed E-state index contributed by atoms with van der Waals surface area (Å²) in [5.74, 6) is -1.37. The van der Waals surface area contributed by atoms with Gasteiger partial charge in [0.15, 0.2) is 0 Å². The molecule has 2 aromatic carbocycles. The van der Waals surface area contributed by atoms with Crippen molar-refractivity contribution in [2.45, 2.75) is 32.6 Å². The largest absolute Gasteiger partial charge is 0.293 e. The van der Waals surface area contributed by atoms with Crippen LogP contribution in [0.2, 0.25) is 0 Å². The van der Waals surface area contributed by atoms with E-state index in [4.69, 9.17) is 12.2 Å². The summed E-state index contributed by atoms with van der Waals surface area (Å²) < 4.78 is 13.4. The van der Waals surface area contributed by atoms with E-state index in [9.17, 15) is 18.8 Å². The Morgan fingerprint density at radius 2 is 1.73 bits per heavy atom. The molecule has 0 aliphatic carbocycles. The van der Waals surface area contributed by atoms with Gasteiger partial charge in [0, 0.05) is 18.5 Å². The molecular weight excluding hydrogens is 461 g/mol. The molecule has 0 spiro atoms. The third kappa shape index (κ3) is 7.23. The number of carbonyl (C=O) groups excluding carboxylic acids is 3. The van der Waals surface area contributed by atoms with E-state index in [0.717, 1.165) is 17.5 Å². The number of thioether (sulfide) groups is 1.